The second-order valence-electron chi connectivity index (χ2n) is 7.49. The van der Waals surface area contributed by atoms with E-state index in [2.05, 4.69) is 50.5 Å². The van der Waals surface area contributed by atoms with Crippen LogP contribution in [0.5, 0.6) is 0 Å². The van der Waals surface area contributed by atoms with E-state index in [0.717, 1.165) is 52.2 Å². The highest BCUT2D eigenvalue weighted by molar-refractivity contribution is 7.20. The van der Waals surface area contributed by atoms with Crippen molar-refractivity contribution in [3.63, 3.8) is 0 Å². The fourth-order valence-electron chi connectivity index (χ4n) is 4.39. The van der Waals surface area contributed by atoms with Crippen molar-refractivity contribution in [3.05, 3.63) is 70.9 Å². The van der Waals surface area contributed by atoms with Gasteiger partial charge in [-0.15, -0.1) is 11.3 Å². The minimum Gasteiger partial charge on any atom is -0.354 e. The molecule has 29 heavy (non-hydrogen) atoms. The Balaban J connectivity index is 1.45. The van der Waals surface area contributed by atoms with E-state index in [0.29, 0.717) is 5.92 Å². The second kappa shape index (κ2) is 7.54. The molecule has 1 aliphatic rings. The van der Waals surface area contributed by atoms with Crippen molar-refractivity contribution in [3.8, 4) is 0 Å². The van der Waals surface area contributed by atoms with E-state index in [9.17, 15) is 4.79 Å². The van der Waals surface area contributed by atoms with Gasteiger partial charge in [-0.3, -0.25) is 14.7 Å². The lowest BCUT2D eigenvalue weighted by Crippen LogP contribution is -2.21. The zero-order chi connectivity index (χ0) is 19.8. The third-order valence-electron chi connectivity index (χ3n) is 5.73. The number of fused-ring (bicyclic) bond motifs is 2. The molecule has 1 amide bonds. The van der Waals surface area contributed by atoms with Gasteiger partial charge in [-0.1, -0.05) is 30.3 Å². The summed E-state index contributed by atoms with van der Waals surface area (Å²) in [6.07, 6.45) is 4.70. The van der Waals surface area contributed by atoms with Gasteiger partial charge >= 0.3 is 0 Å². The maximum absolute atomic E-state index is 12.5. The Hall–Kier alpha value is -2.83. The van der Waals surface area contributed by atoms with Gasteiger partial charge in [-0.25, -0.2) is 4.98 Å². The molecule has 5 rings (SSSR count). The van der Waals surface area contributed by atoms with Gasteiger partial charge in [0.2, 0.25) is 0 Å². The molecule has 4 heterocycles. The summed E-state index contributed by atoms with van der Waals surface area (Å²) < 4.78 is 0. The number of likely N-dealkylation sites (tertiary alicyclic amines) is 1. The Labute approximate surface area is 173 Å². The van der Waals surface area contributed by atoms with Gasteiger partial charge in [0.15, 0.2) is 0 Å². The van der Waals surface area contributed by atoms with Crippen LogP contribution in [-0.4, -0.2) is 40.9 Å². The van der Waals surface area contributed by atoms with Crippen molar-refractivity contribution >= 4 is 38.4 Å². The first-order chi connectivity index (χ1) is 14.2. The van der Waals surface area contributed by atoms with Crippen LogP contribution in [0.2, 0.25) is 0 Å². The third kappa shape index (κ3) is 3.28. The van der Waals surface area contributed by atoms with Crippen LogP contribution in [0.3, 0.4) is 0 Å². The van der Waals surface area contributed by atoms with Crippen LogP contribution >= 0.6 is 11.3 Å². The van der Waals surface area contributed by atoms with Gasteiger partial charge in [0.1, 0.15) is 4.83 Å². The van der Waals surface area contributed by atoms with Gasteiger partial charge in [-0.05, 0) is 36.2 Å². The smallest absolute Gasteiger partial charge is 0.261 e. The lowest BCUT2D eigenvalue weighted by atomic mass is 9.95. The minimum absolute atomic E-state index is 0.0142. The molecule has 1 atom stereocenters. The van der Waals surface area contributed by atoms with E-state index in [1.807, 2.05) is 18.3 Å². The summed E-state index contributed by atoms with van der Waals surface area (Å²) in [6.45, 7) is 2.83. The van der Waals surface area contributed by atoms with Crippen molar-refractivity contribution in [2.75, 3.05) is 20.1 Å². The van der Waals surface area contributed by atoms with E-state index >= 15 is 0 Å². The van der Waals surface area contributed by atoms with Crippen molar-refractivity contribution in [2.45, 2.75) is 18.9 Å². The number of hydrogen-bond acceptors (Lipinski definition) is 5. The first kappa shape index (κ1) is 18.2. The molecular formula is C23H22N4OS. The van der Waals surface area contributed by atoms with Crippen LogP contribution in [0.25, 0.3) is 21.1 Å². The topological polar surface area (TPSA) is 58.1 Å². The van der Waals surface area contributed by atoms with Crippen molar-refractivity contribution in [1.82, 2.24) is 20.2 Å². The zero-order valence-electron chi connectivity index (χ0n) is 16.3. The molecule has 1 aromatic carbocycles. The maximum atomic E-state index is 12.5. The van der Waals surface area contributed by atoms with Crippen LogP contribution in [0, 0.1) is 0 Å². The Morgan fingerprint density at radius 2 is 2.00 bits per heavy atom. The average Bonchev–Trinajstić information content (AvgIpc) is 3.37. The van der Waals surface area contributed by atoms with E-state index in [-0.39, 0.29) is 5.91 Å². The summed E-state index contributed by atoms with van der Waals surface area (Å²) in [4.78, 5) is 25.8. The summed E-state index contributed by atoms with van der Waals surface area (Å²) >= 11 is 1.50. The molecule has 1 aliphatic heterocycles. The first-order valence-electron chi connectivity index (χ1n) is 9.89. The number of benzene rings is 1. The third-order valence-corrected chi connectivity index (χ3v) is 6.86. The van der Waals surface area contributed by atoms with Crippen LogP contribution in [0.4, 0.5) is 0 Å². The zero-order valence-corrected chi connectivity index (χ0v) is 17.1. The van der Waals surface area contributed by atoms with Crippen LogP contribution in [0.1, 0.15) is 33.1 Å². The molecular weight excluding hydrogens is 380 g/mol. The fraction of sp³-hybridized carbons (Fsp3) is 0.261. The van der Waals surface area contributed by atoms with Crippen LogP contribution in [0.15, 0.2) is 54.9 Å². The number of nitrogens with zero attached hydrogens (tertiary/aromatic N) is 3. The van der Waals surface area contributed by atoms with Gasteiger partial charge < -0.3 is 5.32 Å². The number of carbonyl (C=O) groups is 1. The second-order valence-corrected chi connectivity index (χ2v) is 8.49. The standard InChI is InChI=1S/C23H22N4OS/c1-24-22(28)21-19(18-8-4-11-26-23(18)29-21)16-9-12-27(13-16)14-17-6-2-5-15-7-3-10-25-20(15)17/h2-8,10-11,16H,9,12-14H2,1H3,(H,24,28)/t16-/m1/s1. The molecule has 5 nitrogen and oxygen atoms in total. The molecule has 146 valence electrons. The molecule has 4 aromatic rings. The number of nitrogens with one attached hydrogen (secondary N) is 1. The highest BCUT2D eigenvalue weighted by atomic mass is 32.1. The number of carbonyl (C=O) groups excluding carboxylic acids is 1. The molecule has 0 unspecified atom stereocenters. The number of rotatable bonds is 4. The van der Waals surface area contributed by atoms with Gasteiger partial charge in [-0.2, -0.15) is 0 Å². The number of pyridine rings is 2. The highest BCUT2D eigenvalue weighted by Gasteiger charge is 2.30. The van der Waals surface area contributed by atoms with Crippen LogP contribution in [-0.2, 0) is 6.54 Å². The van der Waals surface area contributed by atoms with E-state index in [1.165, 1.54) is 22.3 Å². The van der Waals surface area contributed by atoms with Crippen molar-refractivity contribution in [2.24, 2.45) is 0 Å². The summed E-state index contributed by atoms with van der Waals surface area (Å²) in [5.41, 5.74) is 3.50. The normalized spacial score (nSPS) is 17.2. The van der Waals surface area contributed by atoms with Crippen molar-refractivity contribution in [1.29, 1.82) is 0 Å². The number of amides is 1. The Bertz CT molecular complexity index is 1200. The summed E-state index contributed by atoms with van der Waals surface area (Å²) in [5, 5.41) is 5.10. The quantitative estimate of drug-likeness (QED) is 0.556. The molecule has 0 saturated carbocycles. The summed E-state index contributed by atoms with van der Waals surface area (Å²) in [7, 11) is 1.69. The molecule has 3 aromatic heterocycles. The lowest BCUT2D eigenvalue weighted by Gasteiger charge is -2.17. The first-order valence-corrected chi connectivity index (χ1v) is 10.7. The Morgan fingerprint density at radius 3 is 2.90 bits per heavy atom. The molecule has 0 aliphatic carbocycles. The Kier molecular flexibility index (Phi) is 4.73. The van der Waals surface area contributed by atoms with E-state index in [4.69, 9.17) is 0 Å². The SMILES string of the molecule is CNC(=O)c1sc2ncccc2c1[C@@H]1CCN(Cc2cccc3cccnc23)C1. The minimum atomic E-state index is -0.0142. The maximum Gasteiger partial charge on any atom is 0.261 e. The number of thiophene rings is 1. The van der Waals surface area contributed by atoms with Gasteiger partial charge in [0, 0.05) is 49.2 Å². The fourth-order valence-corrected chi connectivity index (χ4v) is 5.56. The van der Waals surface area contributed by atoms with E-state index in [1.54, 1.807) is 13.2 Å². The lowest BCUT2D eigenvalue weighted by molar-refractivity contribution is 0.0966. The monoisotopic (exact) mass is 402 g/mol. The Morgan fingerprint density at radius 1 is 1.17 bits per heavy atom. The van der Waals surface area contributed by atoms with E-state index < -0.39 is 0 Å². The summed E-state index contributed by atoms with van der Waals surface area (Å²) in [6, 6.07) is 14.5. The largest absolute Gasteiger partial charge is 0.354 e. The average molecular weight is 403 g/mol. The predicted molar refractivity (Wildman–Crippen MR) is 117 cm³/mol. The molecule has 0 spiro atoms. The molecule has 1 N–H and O–H groups in total. The van der Waals surface area contributed by atoms with Crippen molar-refractivity contribution < 1.29 is 4.79 Å². The molecule has 1 fully saturated rings. The predicted octanol–water partition coefficient (Wildman–Crippen LogP) is 4.19. The number of aromatic nitrogens is 2. The molecule has 6 heteroatoms. The van der Waals surface area contributed by atoms with Gasteiger partial charge in [0.25, 0.3) is 5.91 Å². The molecule has 1 saturated heterocycles. The molecule has 0 radical (unpaired) electrons. The van der Waals surface area contributed by atoms with Crippen LogP contribution < -0.4 is 5.32 Å². The molecule has 0 bridgehead atoms. The highest BCUT2D eigenvalue weighted by Crippen LogP contribution is 2.39. The summed E-state index contributed by atoms with van der Waals surface area (Å²) in [5.74, 6) is 0.322. The number of hydrogen-bond donors (Lipinski definition) is 1. The van der Waals surface area contributed by atoms with Gasteiger partial charge in [0.05, 0.1) is 10.4 Å². The number of para-hydroxylation sites is 1.